The Morgan fingerprint density at radius 3 is 2.58 bits per heavy atom. The molecule has 0 bridgehead atoms. The summed E-state index contributed by atoms with van der Waals surface area (Å²) in [7, 11) is -3.85. The quantitative estimate of drug-likeness (QED) is 0.588. The van der Waals surface area contributed by atoms with Gasteiger partial charge in [0.25, 0.3) is 5.91 Å². The number of ketones is 1. The normalized spacial score (nSPS) is 19.2. The number of hydrazine groups is 1. The van der Waals surface area contributed by atoms with Gasteiger partial charge in [-0.15, -0.1) is 0 Å². The average molecular weight is 283 g/mol. The molecule has 102 valence electrons. The molecule has 1 aromatic rings. The maximum absolute atomic E-state index is 11.8. The summed E-state index contributed by atoms with van der Waals surface area (Å²) in [6.07, 6.45) is 0. The molecule has 0 saturated carbocycles. The summed E-state index contributed by atoms with van der Waals surface area (Å²) in [5.74, 6) is -1.66. The third kappa shape index (κ3) is 3.60. The van der Waals surface area contributed by atoms with Crippen molar-refractivity contribution in [2.45, 2.75) is 6.04 Å². The lowest BCUT2D eigenvalue weighted by molar-refractivity contribution is -0.120. The van der Waals surface area contributed by atoms with Crippen LogP contribution in [0.4, 0.5) is 0 Å². The van der Waals surface area contributed by atoms with Gasteiger partial charge in [-0.1, -0.05) is 30.3 Å². The molecule has 3 N–H and O–H groups in total. The summed E-state index contributed by atoms with van der Waals surface area (Å²) in [5.41, 5.74) is 5.12. The number of amides is 1. The highest BCUT2D eigenvalue weighted by Crippen LogP contribution is 2.03. The predicted molar refractivity (Wildman–Crippen MR) is 67.6 cm³/mol. The van der Waals surface area contributed by atoms with E-state index in [4.69, 9.17) is 0 Å². The first-order chi connectivity index (χ1) is 8.98. The number of carbonyl (C=O) groups excluding carboxylic acids is 2. The molecule has 1 aromatic carbocycles. The topological polar surface area (TPSA) is 104 Å². The third-order valence-electron chi connectivity index (χ3n) is 2.57. The van der Waals surface area contributed by atoms with Crippen molar-refractivity contribution >= 4 is 21.7 Å². The van der Waals surface area contributed by atoms with E-state index in [1.165, 1.54) is 0 Å². The van der Waals surface area contributed by atoms with Crippen LogP contribution < -0.4 is 15.6 Å². The van der Waals surface area contributed by atoms with E-state index in [0.717, 1.165) is 0 Å². The minimum Gasteiger partial charge on any atom is -0.293 e. The second kappa shape index (κ2) is 5.47. The van der Waals surface area contributed by atoms with Crippen LogP contribution >= 0.6 is 0 Å². The van der Waals surface area contributed by atoms with Crippen LogP contribution in [0.25, 0.3) is 0 Å². The van der Waals surface area contributed by atoms with Gasteiger partial charge in [0.05, 0.1) is 0 Å². The first-order valence-corrected chi connectivity index (χ1v) is 7.24. The smallest absolute Gasteiger partial charge is 0.253 e. The third-order valence-corrected chi connectivity index (χ3v) is 3.86. The van der Waals surface area contributed by atoms with Crippen LogP contribution in [0, 0.1) is 0 Å². The zero-order valence-corrected chi connectivity index (χ0v) is 10.7. The molecule has 1 atom stereocenters. The van der Waals surface area contributed by atoms with Crippen molar-refractivity contribution in [2.75, 3.05) is 12.3 Å². The summed E-state index contributed by atoms with van der Waals surface area (Å²) >= 11 is 0. The number of hydrogen-bond donors (Lipinski definition) is 3. The Morgan fingerprint density at radius 1 is 1.32 bits per heavy atom. The highest BCUT2D eigenvalue weighted by atomic mass is 32.2. The van der Waals surface area contributed by atoms with Gasteiger partial charge < -0.3 is 0 Å². The van der Waals surface area contributed by atoms with Crippen LogP contribution in [-0.2, 0) is 14.8 Å². The van der Waals surface area contributed by atoms with Gasteiger partial charge in [0.2, 0.25) is 10.0 Å². The van der Waals surface area contributed by atoms with E-state index in [1.54, 1.807) is 30.3 Å². The van der Waals surface area contributed by atoms with Crippen molar-refractivity contribution in [3.63, 3.8) is 0 Å². The van der Waals surface area contributed by atoms with E-state index in [0.29, 0.717) is 5.56 Å². The van der Waals surface area contributed by atoms with Crippen LogP contribution in [-0.4, -0.2) is 38.4 Å². The van der Waals surface area contributed by atoms with Gasteiger partial charge in [-0.2, -0.15) is 0 Å². The van der Waals surface area contributed by atoms with Crippen LogP contribution in [0.5, 0.6) is 0 Å². The Labute approximate surface area is 110 Å². The van der Waals surface area contributed by atoms with Crippen LogP contribution in [0.2, 0.25) is 0 Å². The number of hydrogen-bond acceptors (Lipinski definition) is 5. The molecular weight excluding hydrogens is 270 g/mol. The standard InChI is InChI=1S/C11H13N3O4S/c15-10(8-4-2-1-3-5-8)7-19(17,18)14-9-6-12-13-11(9)16/h1-5,9,12,14H,6-7H2,(H,13,16)/t9-/m1/s1. The van der Waals surface area contributed by atoms with Crippen molar-refractivity contribution in [1.29, 1.82) is 0 Å². The van der Waals surface area contributed by atoms with Gasteiger partial charge in [-0.25, -0.2) is 18.6 Å². The van der Waals surface area contributed by atoms with Gasteiger partial charge in [0.15, 0.2) is 5.78 Å². The molecule has 0 aromatic heterocycles. The molecule has 1 fully saturated rings. The van der Waals surface area contributed by atoms with E-state index in [1.807, 2.05) is 0 Å². The molecule has 1 saturated heterocycles. The SMILES string of the molecule is O=C(CS(=O)(=O)N[C@@H]1CNNC1=O)c1ccccc1. The highest BCUT2D eigenvalue weighted by molar-refractivity contribution is 7.90. The van der Waals surface area contributed by atoms with Crippen LogP contribution in [0.1, 0.15) is 10.4 Å². The zero-order chi connectivity index (χ0) is 13.9. The Kier molecular flexibility index (Phi) is 3.93. The number of carbonyl (C=O) groups is 2. The van der Waals surface area contributed by atoms with E-state index in [9.17, 15) is 18.0 Å². The summed E-state index contributed by atoms with van der Waals surface area (Å²) in [6, 6.07) is 7.25. The molecule has 2 rings (SSSR count). The summed E-state index contributed by atoms with van der Waals surface area (Å²) < 4.78 is 25.7. The summed E-state index contributed by atoms with van der Waals surface area (Å²) in [5, 5.41) is 0. The first kappa shape index (κ1) is 13.7. The molecule has 8 heteroatoms. The van der Waals surface area contributed by atoms with Gasteiger partial charge in [0.1, 0.15) is 11.8 Å². The lowest BCUT2D eigenvalue weighted by Crippen LogP contribution is -2.43. The van der Waals surface area contributed by atoms with Crippen molar-refractivity contribution in [1.82, 2.24) is 15.6 Å². The fourth-order valence-electron chi connectivity index (χ4n) is 1.65. The average Bonchev–Trinajstić information content (AvgIpc) is 2.75. The fraction of sp³-hybridized carbons (Fsp3) is 0.273. The van der Waals surface area contributed by atoms with E-state index < -0.39 is 33.5 Å². The Hall–Kier alpha value is -1.77. The van der Waals surface area contributed by atoms with Crippen molar-refractivity contribution in [3.8, 4) is 0 Å². The second-order valence-electron chi connectivity index (χ2n) is 4.09. The molecule has 0 radical (unpaired) electrons. The lowest BCUT2D eigenvalue weighted by Gasteiger charge is -2.09. The predicted octanol–water partition coefficient (Wildman–Crippen LogP) is -1.21. The van der Waals surface area contributed by atoms with Gasteiger partial charge in [0, 0.05) is 12.1 Å². The summed E-state index contributed by atoms with van der Waals surface area (Å²) in [6.45, 7) is 0.150. The lowest BCUT2D eigenvalue weighted by atomic mass is 10.2. The number of rotatable bonds is 5. The monoisotopic (exact) mass is 283 g/mol. The van der Waals surface area contributed by atoms with Crippen LogP contribution in [0.3, 0.4) is 0 Å². The molecular formula is C11H13N3O4S. The van der Waals surface area contributed by atoms with Crippen molar-refractivity contribution in [3.05, 3.63) is 35.9 Å². The van der Waals surface area contributed by atoms with E-state index in [-0.39, 0.29) is 6.54 Å². The molecule has 1 aliphatic heterocycles. The van der Waals surface area contributed by atoms with Gasteiger partial charge >= 0.3 is 0 Å². The summed E-state index contributed by atoms with van der Waals surface area (Å²) in [4.78, 5) is 23.0. The largest absolute Gasteiger partial charge is 0.293 e. The minimum atomic E-state index is -3.85. The fourth-order valence-corrected chi connectivity index (χ4v) is 2.87. The van der Waals surface area contributed by atoms with Crippen molar-refractivity contribution < 1.29 is 18.0 Å². The highest BCUT2D eigenvalue weighted by Gasteiger charge is 2.29. The Balaban J connectivity index is 2.01. The molecule has 0 unspecified atom stereocenters. The second-order valence-corrected chi connectivity index (χ2v) is 5.84. The molecule has 7 nitrogen and oxygen atoms in total. The maximum atomic E-state index is 11.8. The Morgan fingerprint density at radius 2 is 2.00 bits per heavy atom. The minimum absolute atomic E-state index is 0.150. The number of nitrogens with one attached hydrogen (secondary N) is 3. The maximum Gasteiger partial charge on any atom is 0.253 e. The van der Waals surface area contributed by atoms with E-state index in [2.05, 4.69) is 15.6 Å². The molecule has 0 aliphatic carbocycles. The molecule has 1 heterocycles. The Bertz CT molecular complexity index is 585. The molecule has 0 spiro atoms. The van der Waals surface area contributed by atoms with Crippen molar-refractivity contribution in [2.24, 2.45) is 0 Å². The number of Topliss-reactive ketones (excluding diaryl/α,β-unsaturated/α-hetero) is 1. The van der Waals surface area contributed by atoms with Crippen LogP contribution in [0.15, 0.2) is 30.3 Å². The van der Waals surface area contributed by atoms with Gasteiger partial charge in [-0.05, 0) is 0 Å². The molecule has 19 heavy (non-hydrogen) atoms. The van der Waals surface area contributed by atoms with Gasteiger partial charge in [-0.3, -0.25) is 15.0 Å². The first-order valence-electron chi connectivity index (χ1n) is 5.59. The molecule has 1 amide bonds. The van der Waals surface area contributed by atoms with E-state index >= 15 is 0 Å². The number of sulfonamides is 1. The zero-order valence-electron chi connectivity index (χ0n) is 9.92. The molecule has 1 aliphatic rings. The number of benzene rings is 1.